The summed E-state index contributed by atoms with van der Waals surface area (Å²) < 4.78 is 50.2. The number of aromatic hydroxyl groups is 1. The van der Waals surface area contributed by atoms with Crippen LogP contribution in [-0.4, -0.2) is 17.9 Å². The summed E-state index contributed by atoms with van der Waals surface area (Å²) in [6, 6.07) is 11.9. The van der Waals surface area contributed by atoms with Gasteiger partial charge in [0, 0.05) is 22.6 Å². The highest BCUT2D eigenvalue weighted by atomic mass is 32.2. The van der Waals surface area contributed by atoms with Crippen molar-refractivity contribution < 1.29 is 27.4 Å². The molecule has 2 heterocycles. The molecule has 0 bridgehead atoms. The third-order valence-corrected chi connectivity index (χ3v) is 6.34. The highest BCUT2D eigenvalue weighted by Crippen LogP contribution is 2.47. The van der Waals surface area contributed by atoms with Crippen molar-refractivity contribution in [1.29, 1.82) is 0 Å². The molecule has 166 valence electrons. The van der Waals surface area contributed by atoms with E-state index in [1.54, 1.807) is 19.2 Å². The fourth-order valence-corrected chi connectivity index (χ4v) is 4.68. The average Bonchev–Trinajstić information content (AvgIpc) is 2.91. The number of benzene rings is 2. The Morgan fingerprint density at radius 3 is 2.50 bits per heavy atom. The molecule has 5 nitrogen and oxygen atoms in total. The van der Waals surface area contributed by atoms with Crippen LogP contribution in [0.25, 0.3) is 0 Å². The van der Waals surface area contributed by atoms with E-state index in [0.29, 0.717) is 10.6 Å². The number of rotatable bonds is 3. The Morgan fingerprint density at radius 2 is 1.88 bits per heavy atom. The number of methoxy groups -OCH3 is 1. The first-order valence-electron chi connectivity index (χ1n) is 9.59. The van der Waals surface area contributed by atoms with Crippen LogP contribution in [0.5, 0.6) is 11.5 Å². The molecule has 0 saturated heterocycles. The van der Waals surface area contributed by atoms with Crippen LogP contribution in [0.3, 0.4) is 0 Å². The standard InChI is InChI=1S/C23H18F3NO4S/c1-12-9-18(28)21(22(29)31-12)17-11-20(13-3-6-15(30-2)7-4-13)32-19-8-5-14(23(24,25)26)10-16(19)27-17/h3-10,20,28H,11H2,1-2H3/t20-/m1/s1. The smallest absolute Gasteiger partial charge is 0.416 e. The van der Waals surface area contributed by atoms with Crippen LogP contribution < -0.4 is 10.4 Å². The molecule has 0 aliphatic carbocycles. The zero-order valence-electron chi connectivity index (χ0n) is 17.1. The lowest BCUT2D eigenvalue weighted by Gasteiger charge is -2.17. The number of hydrogen-bond acceptors (Lipinski definition) is 6. The molecule has 1 aliphatic rings. The number of aliphatic imine (C=N–C) groups is 1. The molecular formula is C23H18F3NO4S. The van der Waals surface area contributed by atoms with Gasteiger partial charge in [0.15, 0.2) is 0 Å². The Kier molecular flexibility index (Phi) is 5.77. The Bertz CT molecular complexity index is 1250. The number of aryl methyl sites for hydroxylation is 1. The van der Waals surface area contributed by atoms with Gasteiger partial charge in [0.25, 0.3) is 0 Å². The van der Waals surface area contributed by atoms with Crippen LogP contribution in [0.1, 0.15) is 34.1 Å². The monoisotopic (exact) mass is 461 g/mol. The summed E-state index contributed by atoms with van der Waals surface area (Å²) in [6.45, 7) is 1.51. The van der Waals surface area contributed by atoms with Gasteiger partial charge in [-0.25, -0.2) is 4.79 Å². The maximum absolute atomic E-state index is 13.3. The third-order valence-electron chi connectivity index (χ3n) is 5.02. The first-order chi connectivity index (χ1) is 15.2. The van der Waals surface area contributed by atoms with Crippen LogP contribution in [0.4, 0.5) is 18.9 Å². The quantitative estimate of drug-likeness (QED) is 0.515. The summed E-state index contributed by atoms with van der Waals surface area (Å²) >= 11 is 1.34. The van der Waals surface area contributed by atoms with Crippen molar-refractivity contribution in [3.8, 4) is 11.5 Å². The predicted molar refractivity (Wildman–Crippen MR) is 115 cm³/mol. The maximum Gasteiger partial charge on any atom is 0.416 e. The minimum Gasteiger partial charge on any atom is -0.507 e. The summed E-state index contributed by atoms with van der Waals surface area (Å²) in [5, 5.41) is 10.1. The van der Waals surface area contributed by atoms with Gasteiger partial charge in [-0.3, -0.25) is 4.99 Å². The van der Waals surface area contributed by atoms with Crippen molar-refractivity contribution >= 4 is 23.2 Å². The number of alkyl halides is 3. The highest BCUT2D eigenvalue weighted by molar-refractivity contribution is 7.99. The van der Waals surface area contributed by atoms with Gasteiger partial charge in [-0.1, -0.05) is 12.1 Å². The zero-order chi connectivity index (χ0) is 23.0. The van der Waals surface area contributed by atoms with Crippen LogP contribution in [0.15, 0.2) is 67.6 Å². The number of hydrogen-bond donors (Lipinski definition) is 1. The van der Waals surface area contributed by atoms with Gasteiger partial charge in [-0.15, -0.1) is 11.8 Å². The number of fused-ring (bicyclic) bond motifs is 1. The molecule has 3 aromatic rings. The molecule has 0 spiro atoms. The van der Waals surface area contributed by atoms with Gasteiger partial charge in [-0.05, 0) is 42.8 Å². The van der Waals surface area contributed by atoms with Gasteiger partial charge in [0.05, 0.1) is 24.1 Å². The molecule has 1 N–H and O–H groups in total. The van der Waals surface area contributed by atoms with E-state index in [9.17, 15) is 23.1 Å². The summed E-state index contributed by atoms with van der Waals surface area (Å²) in [7, 11) is 1.55. The van der Waals surface area contributed by atoms with Gasteiger partial charge in [0.1, 0.15) is 22.8 Å². The van der Waals surface area contributed by atoms with Gasteiger partial charge in [-0.2, -0.15) is 13.2 Å². The molecule has 0 amide bonds. The van der Waals surface area contributed by atoms with E-state index in [2.05, 4.69) is 4.99 Å². The summed E-state index contributed by atoms with van der Waals surface area (Å²) in [5.74, 6) is 0.547. The fraction of sp³-hybridized carbons (Fsp3) is 0.217. The Balaban J connectivity index is 1.88. The summed E-state index contributed by atoms with van der Waals surface area (Å²) in [6.07, 6.45) is -4.35. The molecular weight excluding hydrogens is 443 g/mol. The second kappa shape index (κ2) is 8.38. The second-order valence-electron chi connectivity index (χ2n) is 7.23. The molecule has 0 saturated carbocycles. The second-order valence-corrected chi connectivity index (χ2v) is 8.47. The number of ether oxygens (including phenoxy) is 1. The van der Waals surface area contributed by atoms with Crippen molar-refractivity contribution in [3.05, 3.63) is 81.4 Å². The fourth-order valence-electron chi connectivity index (χ4n) is 3.47. The molecule has 9 heteroatoms. The van der Waals surface area contributed by atoms with E-state index in [0.717, 1.165) is 17.7 Å². The van der Waals surface area contributed by atoms with E-state index in [1.165, 1.54) is 30.8 Å². The lowest BCUT2D eigenvalue weighted by molar-refractivity contribution is -0.137. The van der Waals surface area contributed by atoms with E-state index in [-0.39, 0.29) is 40.1 Å². The van der Waals surface area contributed by atoms with Crippen molar-refractivity contribution in [2.45, 2.75) is 29.7 Å². The van der Waals surface area contributed by atoms with Crippen molar-refractivity contribution in [2.75, 3.05) is 7.11 Å². The molecule has 4 rings (SSSR count). The molecule has 1 aliphatic heterocycles. The van der Waals surface area contributed by atoms with Crippen molar-refractivity contribution in [3.63, 3.8) is 0 Å². The number of halogens is 3. The number of thioether (sulfide) groups is 1. The zero-order valence-corrected chi connectivity index (χ0v) is 17.9. The Labute approximate surface area is 185 Å². The molecule has 0 fully saturated rings. The molecule has 32 heavy (non-hydrogen) atoms. The molecule has 1 atom stereocenters. The normalized spacial score (nSPS) is 16.2. The van der Waals surface area contributed by atoms with E-state index < -0.39 is 17.4 Å². The van der Waals surface area contributed by atoms with Crippen molar-refractivity contribution in [2.24, 2.45) is 4.99 Å². The van der Waals surface area contributed by atoms with Crippen LogP contribution >= 0.6 is 11.8 Å². The third kappa shape index (κ3) is 4.38. The topological polar surface area (TPSA) is 72.0 Å². The van der Waals surface area contributed by atoms with E-state index >= 15 is 0 Å². The van der Waals surface area contributed by atoms with Crippen LogP contribution in [0.2, 0.25) is 0 Å². The average molecular weight is 461 g/mol. The minimum absolute atomic E-state index is 0.0789. The van der Waals surface area contributed by atoms with Gasteiger partial charge >= 0.3 is 11.8 Å². The lowest BCUT2D eigenvalue weighted by atomic mass is 10.0. The largest absolute Gasteiger partial charge is 0.507 e. The Hall–Kier alpha value is -3.20. The molecule has 2 aromatic carbocycles. The minimum atomic E-state index is -4.54. The van der Waals surface area contributed by atoms with Crippen LogP contribution in [0, 0.1) is 6.92 Å². The summed E-state index contributed by atoms with van der Waals surface area (Å²) in [4.78, 5) is 17.5. The van der Waals surface area contributed by atoms with E-state index in [1.807, 2.05) is 12.1 Å². The predicted octanol–water partition coefficient (Wildman–Crippen LogP) is 6.04. The van der Waals surface area contributed by atoms with Crippen molar-refractivity contribution in [1.82, 2.24) is 0 Å². The molecule has 0 radical (unpaired) electrons. The first kappa shape index (κ1) is 22.0. The van der Waals surface area contributed by atoms with Crippen LogP contribution in [-0.2, 0) is 6.18 Å². The SMILES string of the molecule is COc1ccc([C@H]2CC(c3c(O)cc(C)oc3=O)=Nc3cc(C(F)(F)F)ccc3S2)cc1. The lowest BCUT2D eigenvalue weighted by Crippen LogP contribution is -2.17. The number of nitrogens with zero attached hydrogens (tertiary/aromatic N) is 1. The van der Waals surface area contributed by atoms with E-state index in [4.69, 9.17) is 9.15 Å². The van der Waals surface area contributed by atoms with Gasteiger partial charge < -0.3 is 14.3 Å². The Morgan fingerprint density at radius 1 is 1.16 bits per heavy atom. The van der Waals surface area contributed by atoms with Gasteiger partial charge in [0.2, 0.25) is 0 Å². The molecule has 1 aromatic heterocycles. The summed E-state index contributed by atoms with van der Waals surface area (Å²) in [5.41, 5.74) is -0.691. The molecule has 0 unspecified atom stereocenters. The first-order valence-corrected chi connectivity index (χ1v) is 10.5. The maximum atomic E-state index is 13.3. The highest BCUT2D eigenvalue weighted by Gasteiger charge is 2.33.